The second kappa shape index (κ2) is 11.6. The Morgan fingerprint density at radius 3 is 1.58 bits per heavy atom. The lowest BCUT2D eigenvalue weighted by Crippen LogP contribution is -2.58. The Balaban J connectivity index is 1.75. The first-order valence-electron chi connectivity index (χ1n) is 12.8. The molecule has 0 amide bonds. The summed E-state index contributed by atoms with van der Waals surface area (Å²) in [5, 5.41) is 2.56. The summed E-state index contributed by atoms with van der Waals surface area (Å²) in [6.45, 7) is 9.18. The molecule has 1 nitrogen and oxygen atoms in total. The largest absolute Gasteiger partial charge is 0.401 e. The van der Waals surface area contributed by atoms with E-state index in [1.807, 2.05) is 18.2 Å². The summed E-state index contributed by atoms with van der Waals surface area (Å²) in [7, 11) is -2.51. The smallest absolute Gasteiger partial charge is 0.253 e. The summed E-state index contributed by atoms with van der Waals surface area (Å²) in [4.78, 5) is 0. The van der Waals surface area contributed by atoms with Gasteiger partial charge in [0, 0.05) is 11.5 Å². The Kier molecular flexibility index (Phi) is 8.26. The number of rotatable bonds is 7. The van der Waals surface area contributed by atoms with E-state index in [1.54, 1.807) is 0 Å². The summed E-state index contributed by atoms with van der Waals surface area (Å²) in [6.07, 6.45) is 0.757. The number of hydrogen-bond donors (Lipinski definition) is 0. The van der Waals surface area contributed by atoms with Gasteiger partial charge in [-0.1, -0.05) is 142 Å². The van der Waals surface area contributed by atoms with Gasteiger partial charge in [0.2, 0.25) is 0 Å². The second-order valence-electron chi connectivity index (χ2n) is 10.6. The maximum Gasteiger partial charge on any atom is 0.253 e. The third-order valence-corrected chi connectivity index (χ3v) is 10.5. The fourth-order valence-electron chi connectivity index (χ4n) is 4.55. The molecule has 0 aliphatic carbocycles. The Morgan fingerprint density at radius 2 is 1.11 bits per heavy atom. The first kappa shape index (κ1) is 25.7. The molecule has 0 heterocycles. The van der Waals surface area contributed by atoms with Gasteiger partial charge in [-0.3, -0.25) is 0 Å². The minimum Gasteiger partial charge on any atom is -0.401 e. The number of hydrogen-bond acceptors (Lipinski definition) is 1. The molecule has 0 unspecified atom stereocenters. The first-order chi connectivity index (χ1) is 17.4. The van der Waals surface area contributed by atoms with Crippen LogP contribution in [-0.2, 0) is 4.43 Å². The molecule has 2 atom stereocenters. The molecule has 0 bridgehead atoms. The molecule has 0 aliphatic heterocycles. The van der Waals surface area contributed by atoms with E-state index in [9.17, 15) is 0 Å². The van der Waals surface area contributed by atoms with Crippen molar-refractivity contribution < 1.29 is 4.43 Å². The highest BCUT2D eigenvalue weighted by atomic mass is 28.4. The van der Waals surface area contributed by atoms with Crippen LogP contribution in [0.4, 0.5) is 0 Å². The van der Waals surface area contributed by atoms with E-state index in [2.05, 4.69) is 142 Å². The molecule has 0 N–H and O–H groups in total. The topological polar surface area (TPSA) is 9.23 Å². The molecule has 36 heavy (non-hydrogen) atoms. The molecule has 0 saturated carbocycles. The highest BCUT2D eigenvalue weighted by molar-refractivity contribution is 6.96. The van der Waals surface area contributed by atoms with E-state index < -0.39 is 8.32 Å². The highest BCUT2D eigenvalue weighted by Crippen LogP contribution is 2.36. The lowest BCUT2D eigenvalue weighted by atomic mass is 9.77. The van der Waals surface area contributed by atoms with Gasteiger partial charge in [-0.2, -0.15) is 0 Å². The summed E-state index contributed by atoms with van der Waals surface area (Å²) in [6, 6.07) is 42.5. The van der Waals surface area contributed by atoms with Crippen LogP contribution >= 0.6 is 0 Å². The Bertz CT molecular complexity index is 1230. The van der Waals surface area contributed by atoms with Crippen LogP contribution in [0.1, 0.15) is 44.4 Å². The van der Waals surface area contributed by atoms with Crippen LogP contribution in [0.3, 0.4) is 0 Å². The summed E-state index contributed by atoms with van der Waals surface area (Å²) in [5.74, 6) is 7.23. The van der Waals surface area contributed by atoms with Gasteiger partial charge in [-0.15, -0.1) is 0 Å². The van der Waals surface area contributed by atoms with Crippen LogP contribution in [0.2, 0.25) is 6.55 Å². The predicted octanol–water partition coefficient (Wildman–Crippen LogP) is 7.24. The van der Waals surface area contributed by atoms with Crippen LogP contribution in [0.25, 0.3) is 0 Å². The number of benzene rings is 4. The van der Waals surface area contributed by atoms with E-state index in [0.717, 1.165) is 12.0 Å². The van der Waals surface area contributed by atoms with Gasteiger partial charge in [-0.25, -0.2) is 0 Å². The van der Waals surface area contributed by atoms with Crippen LogP contribution in [0.15, 0.2) is 121 Å². The van der Waals surface area contributed by atoms with Gasteiger partial charge >= 0.3 is 0 Å². The minimum absolute atomic E-state index is 0.00955. The normalized spacial score (nSPS) is 13.3. The van der Waals surface area contributed by atoms with Gasteiger partial charge in [0.25, 0.3) is 8.32 Å². The molecular formula is C34H36OSi. The van der Waals surface area contributed by atoms with E-state index in [4.69, 9.17) is 4.43 Å². The van der Waals surface area contributed by atoms with Crippen LogP contribution < -0.4 is 10.4 Å². The lowest BCUT2D eigenvalue weighted by molar-refractivity contribution is 0.144. The predicted molar refractivity (Wildman–Crippen MR) is 155 cm³/mol. The molecule has 0 spiro atoms. The van der Waals surface area contributed by atoms with E-state index in [-0.39, 0.29) is 17.4 Å². The van der Waals surface area contributed by atoms with Gasteiger partial charge in [-0.05, 0) is 46.5 Å². The van der Waals surface area contributed by atoms with Crippen molar-refractivity contribution in [2.75, 3.05) is 0 Å². The van der Waals surface area contributed by atoms with Crippen molar-refractivity contribution in [3.8, 4) is 11.8 Å². The molecule has 0 saturated heterocycles. The second-order valence-corrected chi connectivity index (χ2v) is 14.0. The Hall–Kier alpha value is -3.38. The van der Waals surface area contributed by atoms with Crippen molar-refractivity contribution in [1.29, 1.82) is 0 Å². The van der Waals surface area contributed by atoms with Crippen LogP contribution in [0, 0.1) is 23.2 Å². The zero-order chi connectivity index (χ0) is 25.4. The maximum atomic E-state index is 7.35. The molecule has 4 rings (SSSR count). The monoisotopic (exact) mass is 488 g/mol. The SMILES string of the molecule is CC(C)(C)[C@@H](C#Cc1ccccc1)C[C@H](O[Si](C)(c1ccccc1)c1ccccc1)c1ccccc1. The fraction of sp³-hybridized carbons (Fsp3) is 0.235. The third-order valence-electron chi connectivity index (χ3n) is 6.86. The summed E-state index contributed by atoms with van der Waals surface area (Å²) >= 11 is 0. The standard InChI is InChI=1S/C34H36OSi/c1-34(2,3)30(26-25-28-17-9-5-10-18-28)27-33(29-19-11-6-12-20-29)35-36(4,31-21-13-7-14-22-31)32-23-15-8-16-24-32/h5-24,30,33H,27H2,1-4H3/t30-,33-/m0/s1. The van der Waals surface area contributed by atoms with Crippen LogP contribution in [-0.4, -0.2) is 8.32 Å². The molecular weight excluding hydrogens is 452 g/mol. The van der Waals surface area contributed by atoms with Gasteiger partial charge in [0.05, 0.1) is 6.10 Å². The average Bonchev–Trinajstić information content (AvgIpc) is 2.91. The van der Waals surface area contributed by atoms with Crippen molar-refractivity contribution in [2.45, 2.75) is 39.8 Å². The van der Waals surface area contributed by atoms with E-state index in [1.165, 1.54) is 15.9 Å². The van der Waals surface area contributed by atoms with Crippen molar-refractivity contribution in [3.63, 3.8) is 0 Å². The van der Waals surface area contributed by atoms with E-state index in [0.29, 0.717) is 0 Å². The average molecular weight is 489 g/mol. The summed E-state index contributed by atoms with van der Waals surface area (Å²) < 4.78 is 7.35. The molecule has 2 heteroatoms. The minimum atomic E-state index is -2.51. The van der Waals surface area contributed by atoms with Crippen molar-refractivity contribution >= 4 is 18.7 Å². The zero-order valence-corrected chi connectivity index (χ0v) is 22.8. The molecule has 0 aromatic heterocycles. The Morgan fingerprint density at radius 1 is 0.667 bits per heavy atom. The Labute approximate surface area is 218 Å². The van der Waals surface area contributed by atoms with E-state index >= 15 is 0 Å². The lowest BCUT2D eigenvalue weighted by Gasteiger charge is -2.36. The van der Waals surface area contributed by atoms with Crippen molar-refractivity contribution in [1.82, 2.24) is 0 Å². The quantitative estimate of drug-likeness (QED) is 0.197. The first-order valence-corrected chi connectivity index (χ1v) is 15.2. The van der Waals surface area contributed by atoms with Crippen LogP contribution in [0.5, 0.6) is 0 Å². The molecule has 0 radical (unpaired) electrons. The fourth-order valence-corrected chi connectivity index (χ4v) is 7.62. The third kappa shape index (κ3) is 6.43. The van der Waals surface area contributed by atoms with Gasteiger partial charge < -0.3 is 4.43 Å². The maximum absolute atomic E-state index is 7.35. The molecule has 0 aliphatic rings. The van der Waals surface area contributed by atoms with Gasteiger partial charge in [0.1, 0.15) is 0 Å². The van der Waals surface area contributed by atoms with Crippen molar-refractivity contribution in [3.05, 3.63) is 132 Å². The summed E-state index contributed by atoms with van der Waals surface area (Å²) in [5.41, 5.74) is 2.27. The highest BCUT2D eigenvalue weighted by Gasteiger charge is 2.38. The molecule has 4 aromatic carbocycles. The molecule has 182 valence electrons. The van der Waals surface area contributed by atoms with Crippen molar-refractivity contribution in [2.24, 2.45) is 11.3 Å². The molecule has 4 aromatic rings. The van der Waals surface area contributed by atoms with Gasteiger partial charge in [0.15, 0.2) is 0 Å². The molecule has 0 fully saturated rings. The zero-order valence-electron chi connectivity index (χ0n) is 21.8.